The molecule has 0 bridgehead atoms. The van der Waals surface area contributed by atoms with E-state index in [2.05, 4.69) is 35.3 Å². The van der Waals surface area contributed by atoms with Crippen molar-refractivity contribution in [3.63, 3.8) is 0 Å². The number of aromatic nitrogens is 4. The van der Waals surface area contributed by atoms with E-state index in [9.17, 15) is 22.8 Å². The van der Waals surface area contributed by atoms with Crippen molar-refractivity contribution in [3.05, 3.63) is 95.7 Å². The second-order valence-electron chi connectivity index (χ2n) is 8.38. The fourth-order valence-corrected chi connectivity index (χ4v) is 3.67. The molecule has 0 saturated heterocycles. The molecular weight excluding hydrogens is 533 g/mol. The molecule has 204 valence electrons. The number of hydrogen-bond donors (Lipinski definition) is 3. The normalized spacial score (nSPS) is 11.0. The lowest BCUT2D eigenvalue weighted by atomic mass is 10.1. The van der Waals surface area contributed by atoms with Gasteiger partial charge in [0, 0.05) is 23.6 Å². The Bertz CT molecular complexity index is 1670. The van der Waals surface area contributed by atoms with E-state index in [1.165, 1.54) is 42.6 Å². The molecule has 5 aromatic rings. The van der Waals surface area contributed by atoms with E-state index in [0.29, 0.717) is 28.0 Å². The van der Waals surface area contributed by atoms with Crippen molar-refractivity contribution in [2.24, 2.45) is 0 Å². The number of nitrogens with one attached hydrogen (secondary N) is 3. The van der Waals surface area contributed by atoms with E-state index >= 15 is 0 Å². The Morgan fingerprint density at radius 1 is 0.975 bits per heavy atom. The number of H-pyrrole nitrogens is 1. The monoisotopic (exact) mass is 552 g/mol. The Kier molecular flexibility index (Phi) is 7.68. The van der Waals surface area contributed by atoms with Gasteiger partial charge in [-0.05, 0) is 42.0 Å². The summed E-state index contributed by atoms with van der Waals surface area (Å²) in [5.74, 6) is -1.60. The second kappa shape index (κ2) is 11.7. The van der Waals surface area contributed by atoms with Crippen molar-refractivity contribution in [2.45, 2.75) is 19.6 Å². The molecule has 40 heavy (non-hydrogen) atoms. The highest BCUT2D eigenvalue weighted by molar-refractivity contribution is 6.01. The maximum absolute atomic E-state index is 14.8. The van der Waals surface area contributed by atoms with Crippen molar-refractivity contribution in [1.29, 1.82) is 0 Å². The quantitative estimate of drug-likeness (QED) is 0.237. The van der Waals surface area contributed by atoms with Gasteiger partial charge in [-0.3, -0.25) is 10.1 Å². The number of rotatable bonds is 9. The lowest BCUT2D eigenvalue weighted by molar-refractivity contribution is -0.119. The van der Waals surface area contributed by atoms with Crippen molar-refractivity contribution < 1.29 is 36.8 Å². The minimum atomic E-state index is -1.05. The molecule has 0 aliphatic carbocycles. The predicted molar refractivity (Wildman–Crippen MR) is 133 cm³/mol. The SMILES string of the molecule is O=C(Cc1ccc(F)cc1)NC(=O)Nc1ccc(Oc2ccnc3[nH]c(COCc4noc(F)n4)cc23)c(F)c1. The van der Waals surface area contributed by atoms with E-state index in [4.69, 9.17) is 9.47 Å². The average Bonchev–Trinajstić information content (AvgIpc) is 3.53. The molecule has 14 heteroatoms. The van der Waals surface area contributed by atoms with Gasteiger partial charge in [0.05, 0.1) is 18.4 Å². The molecule has 0 saturated carbocycles. The van der Waals surface area contributed by atoms with Crippen LogP contribution in [-0.2, 0) is 29.2 Å². The smallest absolute Gasteiger partial charge is 0.405 e. The molecule has 0 unspecified atom stereocenters. The van der Waals surface area contributed by atoms with Crippen LogP contribution in [0.15, 0.2) is 65.3 Å². The summed E-state index contributed by atoms with van der Waals surface area (Å²) < 4.78 is 56.0. The van der Waals surface area contributed by atoms with Gasteiger partial charge in [-0.25, -0.2) is 18.6 Å². The summed E-state index contributed by atoms with van der Waals surface area (Å²) in [5.41, 5.74) is 1.68. The van der Waals surface area contributed by atoms with Crippen LogP contribution in [0.4, 0.5) is 23.7 Å². The number of halogens is 3. The van der Waals surface area contributed by atoms with E-state index in [1.807, 2.05) is 0 Å². The van der Waals surface area contributed by atoms with Crippen LogP contribution >= 0.6 is 0 Å². The Labute approximate surface area is 223 Å². The molecule has 0 spiro atoms. The molecule has 11 nitrogen and oxygen atoms in total. The van der Waals surface area contributed by atoms with E-state index in [-0.39, 0.29) is 36.9 Å². The van der Waals surface area contributed by atoms with Crippen molar-refractivity contribution in [3.8, 4) is 11.5 Å². The maximum Gasteiger partial charge on any atom is 0.405 e. The first-order valence-electron chi connectivity index (χ1n) is 11.7. The summed E-state index contributed by atoms with van der Waals surface area (Å²) in [7, 11) is 0. The highest BCUT2D eigenvalue weighted by Crippen LogP contribution is 2.32. The molecule has 0 aliphatic heterocycles. The topological polar surface area (TPSA) is 144 Å². The zero-order valence-corrected chi connectivity index (χ0v) is 20.4. The number of aromatic amines is 1. The lowest BCUT2D eigenvalue weighted by Gasteiger charge is -2.10. The van der Waals surface area contributed by atoms with Crippen LogP contribution in [-0.4, -0.2) is 32.0 Å². The number of carbonyl (C=O) groups excluding carboxylic acids is 2. The molecule has 0 atom stereocenters. The van der Waals surface area contributed by atoms with Gasteiger partial charge in [0.25, 0.3) is 0 Å². The summed E-state index contributed by atoms with van der Waals surface area (Å²) in [5, 5.41) is 8.45. The number of benzene rings is 2. The Hall–Kier alpha value is -5.24. The first kappa shape index (κ1) is 26.4. The fourth-order valence-electron chi connectivity index (χ4n) is 3.67. The summed E-state index contributed by atoms with van der Waals surface area (Å²) >= 11 is 0. The second-order valence-corrected chi connectivity index (χ2v) is 8.38. The first-order valence-corrected chi connectivity index (χ1v) is 11.7. The van der Waals surface area contributed by atoms with Gasteiger partial charge in [-0.15, -0.1) is 4.39 Å². The van der Waals surface area contributed by atoms with Gasteiger partial charge in [0.2, 0.25) is 5.91 Å². The van der Waals surface area contributed by atoms with Gasteiger partial charge < -0.3 is 24.3 Å². The first-order chi connectivity index (χ1) is 19.3. The van der Waals surface area contributed by atoms with Gasteiger partial charge >= 0.3 is 12.2 Å². The van der Waals surface area contributed by atoms with Gasteiger partial charge in [-0.2, -0.15) is 4.98 Å². The van der Waals surface area contributed by atoms with Crippen LogP contribution in [0.3, 0.4) is 0 Å². The standard InChI is InChI=1S/C26H19F3N6O5/c27-15-3-1-14(2-4-15)9-23(36)34-26(37)32-16-5-6-21(19(28)11-16)39-20-7-8-30-24-18(20)10-17(31-24)12-38-13-22-33-25(29)40-35-22/h1-8,10-11H,9,12-13H2,(H,30,31)(H2,32,34,36,37). The number of carbonyl (C=O) groups is 2. The number of anilines is 1. The van der Waals surface area contributed by atoms with Gasteiger partial charge in [0.1, 0.15) is 23.8 Å². The molecule has 3 heterocycles. The number of hydrogen-bond acceptors (Lipinski definition) is 8. The van der Waals surface area contributed by atoms with Crippen LogP contribution in [0.1, 0.15) is 17.1 Å². The fraction of sp³-hybridized carbons (Fsp3) is 0.115. The Morgan fingerprint density at radius 2 is 1.80 bits per heavy atom. The van der Waals surface area contributed by atoms with Crippen LogP contribution in [0.5, 0.6) is 11.5 Å². The van der Waals surface area contributed by atoms with Gasteiger partial charge in [-0.1, -0.05) is 17.3 Å². The predicted octanol–water partition coefficient (Wildman–Crippen LogP) is 4.76. The zero-order chi connectivity index (χ0) is 28.1. The molecule has 0 aliphatic rings. The van der Waals surface area contributed by atoms with Crippen molar-refractivity contribution in [1.82, 2.24) is 25.4 Å². The molecule has 0 radical (unpaired) electrons. The number of ether oxygens (including phenoxy) is 2. The minimum absolute atomic E-state index is 0.0539. The molecule has 5 rings (SSSR count). The molecule has 0 fully saturated rings. The number of nitrogens with zero attached hydrogens (tertiary/aromatic N) is 3. The molecule has 3 aromatic heterocycles. The number of fused-ring (bicyclic) bond motifs is 1. The largest absolute Gasteiger partial charge is 0.453 e. The summed E-state index contributed by atoms with van der Waals surface area (Å²) in [6.45, 7) is 0.0146. The third-order valence-electron chi connectivity index (χ3n) is 5.42. The summed E-state index contributed by atoms with van der Waals surface area (Å²) in [6, 6.07) is 11.4. The minimum Gasteiger partial charge on any atom is -0.453 e. The third kappa shape index (κ3) is 6.60. The summed E-state index contributed by atoms with van der Waals surface area (Å²) in [4.78, 5) is 34.9. The molecule has 2 aromatic carbocycles. The van der Waals surface area contributed by atoms with Gasteiger partial charge in [0.15, 0.2) is 17.4 Å². The average molecular weight is 552 g/mol. The highest BCUT2D eigenvalue weighted by atomic mass is 19.1. The number of urea groups is 1. The number of pyridine rings is 1. The Balaban J connectivity index is 1.18. The highest BCUT2D eigenvalue weighted by Gasteiger charge is 2.14. The van der Waals surface area contributed by atoms with Crippen molar-refractivity contribution >= 4 is 28.7 Å². The van der Waals surface area contributed by atoms with E-state index in [0.717, 1.165) is 6.07 Å². The lowest BCUT2D eigenvalue weighted by Crippen LogP contribution is -2.35. The van der Waals surface area contributed by atoms with E-state index < -0.39 is 29.7 Å². The van der Waals surface area contributed by atoms with E-state index in [1.54, 1.807) is 12.1 Å². The van der Waals surface area contributed by atoms with Crippen LogP contribution in [0, 0.1) is 17.8 Å². The molecular formula is C26H19F3N6O5. The summed E-state index contributed by atoms with van der Waals surface area (Å²) in [6.07, 6.45) is 0.284. The number of amides is 3. The zero-order valence-electron chi connectivity index (χ0n) is 20.4. The van der Waals surface area contributed by atoms with Crippen LogP contribution in [0.25, 0.3) is 11.0 Å². The van der Waals surface area contributed by atoms with Crippen molar-refractivity contribution in [2.75, 3.05) is 5.32 Å². The number of imide groups is 1. The maximum atomic E-state index is 14.8. The Morgan fingerprint density at radius 3 is 2.55 bits per heavy atom. The van der Waals surface area contributed by atoms with Crippen LogP contribution < -0.4 is 15.4 Å². The van der Waals surface area contributed by atoms with Crippen LogP contribution in [0.2, 0.25) is 0 Å². The molecule has 3 amide bonds. The third-order valence-corrected chi connectivity index (χ3v) is 5.42. The molecule has 3 N–H and O–H groups in total.